The van der Waals surface area contributed by atoms with Gasteiger partial charge in [-0.15, -0.1) is 0 Å². The molecular formula is C25H25ClFN5O4. The number of ether oxygens (including phenoxy) is 1. The van der Waals surface area contributed by atoms with Gasteiger partial charge in [0.1, 0.15) is 17.7 Å². The number of hydrogen-bond donors (Lipinski definition) is 2. The summed E-state index contributed by atoms with van der Waals surface area (Å²) in [6, 6.07) is 7.54. The topological polar surface area (TPSA) is 106 Å². The minimum Gasteiger partial charge on any atom is -0.380 e. The Balaban J connectivity index is 1.51. The third-order valence-corrected chi connectivity index (χ3v) is 6.44. The van der Waals surface area contributed by atoms with E-state index >= 15 is 0 Å². The van der Waals surface area contributed by atoms with Crippen molar-refractivity contribution in [1.29, 1.82) is 0 Å². The van der Waals surface area contributed by atoms with Crippen LogP contribution in [0, 0.1) is 19.7 Å². The lowest BCUT2D eigenvalue weighted by Crippen LogP contribution is -2.45. The van der Waals surface area contributed by atoms with Gasteiger partial charge in [0, 0.05) is 44.1 Å². The van der Waals surface area contributed by atoms with E-state index in [9.17, 15) is 18.8 Å². The van der Waals surface area contributed by atoms with Gasteiger partial charge in [-0.2, -0.15) is 0 Å². The number of nitrogens with zero attached hydrogens (tertiary/aromatic N) is 3. The molecule has 0 spiro atoms. The number of carbonyl (C=O) groups excluding carboxylic acids is 2. The van der Waals surface area contributed by atoms with Crippen molar-refractivity contribution in [3.05, 3.63) is 81.1 Å². The van der Waals surface area contributed by atoms with Crippen LogP contribution in [0.15, 0.2) is 53.6 Å². The lowest BCUT2D eigenvalue weighted by atomic mass is 10.1. The molecule has 1 saturated heterocycles. The average molecular weight is 514 g/mol. The first-order valence-electron chi connectivity index (χ1n) is 11.2. The summed E-state index contributed by atoms with van der Waals surface area (Å²) in [5.74, 6) is -1.01. The molecule has 3 heterocycles. The summed E-state index contributed by atoms with van der Waals surface area (Å²) < 4.78 is 21.7. The number of amides is 3. The number of nitrogens with one attached hydrogen (secondary N) is 2. The van der Waals surface area contributed by atoms with Gasteiger partial charge in [-0.3, -0.25) is 19.5 Å². The van der Waals surface area contributed by atoms with E-state index in [4.69, 9.17) is 16.3 Å². The lowest BCUT2D eigenvalue weighted by Gasteiger charge is -2.24. The van der Waals surface area contributed by atoms with E-state index in [-0.39, 0.29) is 36.1 Å². The number of methoxy groups -OCH3 is 1. The minimum absolute atomic E-state index is 0.0683. The van der Waals surface area contributed by atoms with Crippen LogP contribution in [0.25, 0.3) is 5.69 Å². The van der Waals surface area contributed by atoms with Crippen LogP contribution in [0.2, 0.25) is 5.02 Å². The van der Waals surface area contributed by atoms with Gasteiger partial charge in [0.15, 0.2) is 0 Å². The number of carbonyl (C=O) groups is 2. The molecule has 2 aromatic heterocycles. The zero-order chi connectivity index (χ0) is 26.0. The molecule has 3 amide bonds. The summed E-state index contributed by atoms with van der Waals surface area (Å²) in [6.07, 6.45) is 2.84. The van der Waals surface area contributed by atoms with Crippen molar-refractivity contribution in [2.24, 2.45) is 0 Å². The molecule has 0 bridgehead atoms. The Bertz CT molecular complexity index is 1360. The van der Waals surface area contributed by atoms with Gasteiger partial charge in [-0.25, -0.2) is 14.2 Å². The van der Waals surface area contributed by atoms with Crippen LogP contribution >= 0.6 is 11.6 Å². The maximum absolute atomic E-state index is 14.9. The van der Waals surface area contributed by atoms with E-state index in [1.807, 2.05) is 6.92 Å². The van der Waals surface area contributed by atoms with E-state index in [2.05, 4.69) is 15.6 Å². The van der Waals surface area contributed by atoms with E-state index in [0.717, 1.165) is 5.56 Å². The fourth-order valence-corrected chi connectivity index (χ4v) is 4.09. The Morgan fingerprint density at radius 3 is 2.61 bits per heavy atom. The second kappa shape index (κ2) is 10.5. The molecule has 3 aromatic rings. The molecule has 9 nitrogen and oxygen atoms in total. The van der Waals surface area contributed by atoms with Crippen LogP contribution in [-0.2, 0) is 9.53 Å². The number of aryl methyl sites for hydroxylation is 1. The minimum atomic E-state index is -0.899. The predicted molar refractivity (Wildman–Crippen MR) is 134 cm³/mol. The molecule has 1 aliphatic heterocycles. The second-order valence-electron chi connectivity index (χ2n) is 8.51. The molecule has 36 heavy (non-hydrogen) atoms. The smallest absolute Gasteiger partial charge is 0.323 e. The molecule has 1 aliphatic rings. The van der Waals surface area contributed by atoms with Gasteiger partial charge in [-0.1, -0.05) is 11.6 Å². The highest BCUT2D eigenvalue weighted by molar-refractivity contribution is 6.30. The van der Waals surface area contributed by atoms with E-state index in [1.165, 1.54) is 47.0 Å². The number of pyridine rings is 2. The monoisotopic (exact) mass is 513 g/mol. The summed E-state index contributed by atoms with van der Waals surface area (Å²) in [4.78, 5) is 43.9. The van der Waals surface area contributed by atoms with Crippen LogP contribution < -0.4 is 16.2 Å². The quantitative estimate of drug-likeness (QED) is 0.538. The van der Waals surface area contributed by atoms with Gasteiger partial charge >= 0.3 is 6.03 Å². The van der Waals surface area contributed by atoms with Crippen molar-refractivity contribution in [2.75, 3.05) is 24.3 Å². The number of urea groups is 1. The van der Waals surface area contributed by atoms with Crippen molar-refractivity contribution in [3.63, 3.8) is 0 Å². The Kier molecular flexibility index (Phi) is 7.37. The van der Waals surface area contributed by atoms with Gasteiger partial charge in [0.05, 0.1) is 22.5 Å². The summed E-state index contributed by atoms with van der Waals surface area (Å²) in [6.45, 7) is 3.71. The number of rotatable bonds is 5. The highest BCUT2D eigenvalue weighted by Crippen LogP contribution is 2.25. The molecule has 2 N–H and O–H groups in total. The number of likely N-dealkylation sites (tertiary alicyclic amines) is 1. The van der Waals surface area contributed by atoms with Crippen LogP contribution in [-0.4, -0.2) is 52.2 Å². The SMILES string of the molecule is CO[C@@H]1C[C@H](C(=O)Nc2ccc(-n3ccc(C)c(C)c3=O)cc2F)N(C(=O)Nc2ccc(Cl)cn2)C1. The third kappa shape index (κ3) is 5.24. The van der Waals surface area contributed by atoms with Crippen molar-refractivity contribution in [3.8, 4) is 5.69 Å². The standard InChI is InChI=1S/C25H25ClFN5O4/c1-14-8-9-31(24(34)15(14)2)17-5-6-20(19(27)10-17)29-23(33)21-11-18(36-3)13-32(21)25(35)30-22-7-4-16(26)12-28-22/h4-10,12,18,21H,11,13H2,1-3H3,(H,29,33)(H,28,30,35)/t18-,21-/m1/s1. The molecule has 0 saturated carbocycles. The summed E-state index contributed by atoms with van der Waals surface area (Å²) >= 11 is 5.83. The Morgan fingerprint density at radius 2 is 1.94 bits per heavy atom. The number of halogens is 2. The molecule has 11 heteroatoms. The first-order valence-corrected chi connectivity index (χ1v) is 11.6. The van der Waals surface area contributed by atoms with Crippen LogP contribution in [0.3, 0.4) is 0 Å². The number of benzene rings is 1. The van der Waals surface area contributed by atoms with Crippen molar-refractivity contribution in [2.45, 2.75) is 32.4 Å². The lowest BCUT2D eigenvalue weighted by molar-refractivity contribution is -0.119. The van der Waals surface area contributed by atoms with Crippen molar-refractivity contribution in [1.82, 2.24) is 14.5 Å². The Hall–Kier alpha value is -3.76. The molecular weight excluding hydrogens is 489 g/mol. The van der Waals surface area contributed by atoms with Gasteiger partial charge < -0.3 is 15.0 Å². The Labute approximate surface area is 211 Å². The van der Waals surface area contributed by atoms with Gasteiger partial charge in [0.2, 0.25) is 5.91 Å². The predicted octanol–water partition coefficient (Wildman–Crippen LogP) is 3.90. The normalized spacial score (nSPS) is 17.2. The van der Waals surface area contributed by atoms with Crippen LogP contribution in [0.5, 0.6) is 0 Å². The first-order chi connectivity index (χ1) is 17.2. The van der Waals surface area contributed by atoms with Crippen molar-refractivity contribution < 1.29 is 18.7 Å². The molecule has 4 rings (SSSR count). The molecule has 1 fully saturated rings. The third-order valence-electron chi connectivity index (χ3n) is 6.22. The number of hydrogen-bond acceptors (Lipinski definition) is 5. The summed E-state index contributed by atoms with van der Waals surface area (Å²) in [5, 5.41) is 5.60. The number of anilines is 2. The first kappa shape index (κ1) is 25.3. The fraction of sp³-hybridized carbons (Fsp3) is 0.280. The highest BCUT2D eigenvalue weighted by Gasteiger charge is 2.40. The van der Waals surface area contributed by atoms with E-state index in [0.29, 0.717) is 16.3 Å². The molecule has 0 unspecified atom stereocenters. The highest BCUT2D eigenvalue weighted by atomic mass is 35.5. The molecule has 1 aromatic carbocycles. The van der Waals surface area contributed by atoms with Gasteiger partial charge in [0.25, 0.3) is 5.56 Å². The summed E-state index contributed by atoms with van der Waals surface area (Å²) in [5.41, 5.74) is 1.42. The zero-order valence-electron chi connectivity index (χ0n) is 19.9. The Morgan fingerprint density at radius 1 is 1.17 bits per heavy atom. The molecule has 0 aliphatic carbocycles. The number of aromatic nitrogens is 2. The summed E-state index contributed by atoms with van der Waals surface area (Å²) in [7, 11) is 1.49. The molecule has 188 valence electrons. The maximum Gasteiger partial charge on any atom is 0.323 e. The van der Waals surface area contributed by atoms with Crippen LogP contribution in [0.1, 0.15) is 17.5 Å². The van der Waals surface area contributed by atoms with Crippen LogP contribution in [0.4, 0.5) is 20.7 Å². The fourth-order valence-electron chi connectivity index (χ4n) is 3.98. The molecule has 2 atom stereocenters. The zero-order valence-corrected chi connectivity index (χ0v) is 20.7. The molecule has 0 radical (unpaired) electrons. The second-order valence-corrected chi connectivity index (χ2v) is 8.94. The van der Waals surface area contributed by atoms with E-state index < -0.39 is 23.8 Å². The largest absolute Gasteiger partial charge is 0.380 e. The average Bonchev–Trinajstić information content (AvgIpc) is 3.30. The van der Waals surface area contributed by atoms with Crippen molar-refractivity contribution >= 4 is 35.0 Å². The van der Waals surface area contributed by atoms with E-state index in [1.54, 1.807) is 25.3 Å². The van der Waals surface area contributed by atoms with Gasteiger partial charge in [-0.05, 0) is 49.7 Å². The maximum atomic E-state index is 14.9.